The number of amides is 1. The van der Waals surface area contributed by atoms with Crippen molar-refractivity contribution in [3.8, 4) is 23.0 Å². The van der Waals surface area contributed by atoms with Crippen molar-refractivity contribution in [2.24, 2.45) is 0 Å². The van der Waals surface area contributed by atoms with Crippen molar-refractivity contribution in [2.45, 2.75) is 43.9 Å². The first-order valence-electron chi connectivity index (χ1n) is 9.13. The van der Waals surface area contributed by atoms with E-state index >= 15 is 0 Å². The van der Waals surface area contributed by atoms with E-state index in [9.17, 15) is 4.79 Å². The third-order valence-corrected chi connectivity index (χ3v) is 5.55. The molecule has 0 spiro atoms. The minimum Gasteiger partial charge on any atom is -0.497 e. The average molecular weight is 391 g/mol. The van der Waals surface area contributed by atoms with Crippen molar-refractivity contribution in [2.75, 3.05) is 26.5 Å². The van der Waals surface area contributed by atoms with Crippen LogP contribution in [0.25, 0.3) is 11.5 Å². The summed E-state index contributed by atoms with van der Waals surface area (Å²) in [7, 11) is 3.17. The minimum absolute atomic E-state index is 0.134. The first-order valence-corrected chi connectivity index (χ1v) is 10.1. The van der Waals surface area contributed by atoms with Crippen molar-refractivity contribution in [1.82, 2.24) is 15.1 Å². The Kier molecular flexibility index (Phi) is 6.60. The number of carbonyl (C=O) groups is 1. The molecule has 3 rings (SSSR count). The second kappa shape index (κ2) is 9.12. The molecular weight excluding hydrogens is 366 g/mol. The van der Waals surface area contributed by atoms with Crippen LogP contribution in [-0.2, 0) is 4.79 Å². The molecular formula is C19H25N3O4S. The Morgan fingerprint density at radius 3 is 2.63 bits per heavy atom. The Morgan fingerprint density at radius 1 is 1.22 bits per heavy atom. The van der Waals surface area contributed by atoms with Gasteiger partial charge < -0.3 is 18.8 Å². The largest absolute Gasteiger partial charge is 0.497 e. The lowest BCUT2D eigenvalue weighted by Gasteiger charge is -2.35. The van der Waals surface area contributed by atoms with Gasteiger partial charge in [0.15, 0.2) is 0 Å². The van der Waals surface area contributed by atoms with Crippen molar-refractivity contribution >= 4 is 17.7 Å². The third-order valence-electron chi connectivity index (χ3n) is 4.74. The lowest BCUT2D eigenvalue weighted by Crippen LogP contribution is -2.44. The lowest BCUT2D eigenvalue weighted by atomic mass is 10.0. The van der Waals surface area contributed by atoms with Gasteiger partial charge in [0, 0.05) is 24.2 Å². The zero-order chi connectivity index (χ0) is 19.2. The number of ether oxygens (including phenoxy) is 2. The molecule has 0 unspecified atom stereocenters. The third kappa shape index (κ3) is 4.74. The number of aromatic nitrogens is 2. The molecule has 1 aromatic carbocycles. The molecule has 1 aliphatic rings. The highest BCUT2D eigenvalue weighted by atomic mass is 32.2. The predicted molar refractivity (Wildman–Crippen MR) is 103 cm³/mol. The molecule has 1 fully saturated rings. The molecule has 1 aromatic heterocycles. The molecule has 0 aliphatic carbocycles. The first kappa shape index (κ1) is 19.5. The van der Waals surface area contributed by atoms with E-state index in [0.717, 1.165) is 25.8 Å². The van der Waals surface area contributed by atoms with Crippen LogP contribution in [0.3, 0.4) is 0 Å². The van der Waals surface area contributed by atoms with Gasteiger partial charge in [-0.15, -0.1) is 10.2 Å². The minimum atomic E-state index is 0.134. The summed E-state index contributed by atoms with van der Waals surface area (Å²) in [6.07, 6.45) is 4.37. The zero-order valence-electron chi connectivity index (χ0n) is 15.9. The number of thioether (sulfide) groups is 1. The Balaban J connectivity index is 1.65. The van der Waals surface area contributed by atoms with Crippen LogP contribution in [0.5, 0.6) is 11.5 Å². The fourth-order valence-corrected chi connectivity index (χ4v) is 3.92. The summed E-state index contributed by atoms with van der Waals surface area (Å²) >= 11 is 1.28. The maximum absolute atomic E-state index is 12.6. The van der Waals surface area contributed by atoms with E-state index in [-0.39, 0.29) is 5.91 Å². The van der Waals surface area contributed by atoms with Crippen molar-refractivity contribution in [3.63, 3.8) is 0 Å². The van der Waals surface area contributed by atoms with Crippen molar-refractivity contribution in [1.29, 1.82) is 0 Å². The van der Waals surface area contributed by atoms with Gasteiger partial charge in [-0.3, -0.25) is 4.79 Å². The lowest BCUT2D eigenvalue weighted by molar-refractivity contribution is -0.132. The molecule has 2 aromatic rings. The van der Waals surface area contributed by atoms with Gasteiger partial charge in [-0.05, 0) is 37.8 Å². The Morgan fingerprint density at radius 2 is 1.96 bits per heavy atom. The first-order chi connectivity index (χ1) is 13.1. The van der Waals surface area contributed by atoms with Crippen LogP contribution in [0.4, 0.5) is 0 Å². The number of rotatable bonds is 7. The van der Waals surface area contributed by atoms with E-state index < -0.39 is 0 Å². The second-order valence-corrected chi connectivity index (χ2v) is 7.33. The van der Waals surface area contributed by atoms with Gasteiger partial charge in [0.2, 0.25) is 11.8 Å². The normalized spacial score (nSPS) is 17.0. The van der Waals surface area contributed by atoms with Gasteiger partial charge in [-0.25, -0.2) is 0 Å². The molecule has 1 atom stereocenters. The van der Waals surface area contributed by atoms with Gasteiger partial charge in [-0.2, -0.15) is 0 Å². The van der Waals surface area contributed by atoms with E-state index in [2.05, 4.69) is 17.1 Å². The zero-order valence-corrected chi connectivity index (χ0v) is 16.8. The van der Waals surface area contributed by atoms with E-state index in [1.807, 2.05) is 4.90 Å². The van der Waals surface area contributed by atoms with Crippen LogP contribution < -0.4 is 9.47 Å². The number of nitrogens with zero attached hydrogens (tertiary/aromatic N) is 3. The molecule has 1 amide bonds. The maximum Gasteiger partial charge on any atom is 0.277 e. The molecule has 0 radical (unpaired) electrons. The highest BCUT2D eigenvalue weighted by Gasteiger charge is 2.25. The van der Waals surface area contributed by atoms with Crippen LogP contribution >= 0.6 is 11.8 Å². The van der Waals surface area contributed by atoms with Crippen molar-refractivity contribution < 1.29 is 18.7 Å². The molecule has 0 saturated carbocycles. The average Bonchev–Trinajstić information content (AvgIpc) is 3.20. The standard InChI is InChI=1S/C19H25N3O4S/c1-4-14-7-5-6-8-22(14)17(23)12-27-19-21-20-18(26-19)13-9-15(24-2)11-16(10-13)25-3/h9-11,14H,4-8,12H2,1-3H3/t14-/m1/s1. The SMILES string of the molecule is CC[C@@H]1CCCCN1C(=O)CSc1nnc(-c2cc(OC)cc(OC)c2)o1. The Bertz CT molecular complexity index is 758. The summed E-state index contributed by atoms with van der Waals surface area (Å²) in [5.74, 6) is 2.09. The van der Waals surface area contributed by atoms with Gasteiger partial charge in [0.1, 0.15) is 11.5 Å². The highest BCUT2D eigenvalue weighted by molar-refractivity contribution is 7.99. The molecule has 146 valence electrons. The molecule has 0 bridgehead atoms. The molecule has 8 heteroatoms. The topological polar surface area (TPSA) is 77.7 Å². The van der Waals surface area contributed by atoms with E-state index in [0.29, 0.717) is 40.0 Å². The van der Waals surface area contributed by atoms with Crippen molar-refractivity contribution in [3.05, 3.63) is 18.2 Å². The van der Waals surface area contributed by atoms with E-state index in [1.54, 1.807) is 32.4 Å². The number of hydrogen-bond donors (Lipinski definition) is 0. The summed E-state index contributed by atoms with van der Waals surface area (Å²) in [6.45, 7) is 2.98. The summed E-state index contributed by atoms with van der Waals surface area (Å²) in [5.41, 5.74) is 0.707. The van der Waals surface area contributed by atoms with Gasteiger partial charge >= 0.3 is 0 Å². The van der Waals surface area contributed by atoms with E-state index in [4.69, 9.17) is 13.9 Å². The fourth-order valence-electron chi connectivity index (χ4n) is 3.28. The van der Waals surface area contributed by atoms with Gasteiger partial charge in [0.25, 0.3) is 5.22 Å². The molecule has 2 heterocycles. The molecule has 27 heavy (non-hydrogen) atoms. The number of carbonyl (C=O) groups excluding carboxylic acids is 1. The summed E-state index contributed by atoms with van der Waals surface area (Å²) in [6, 6.07) is 5.73. The van der Waals surface area contributed by atoms with Crippen LogP contribution in [0, 0.1) is 0 Å². The van der Waals surface area contributed by atoms with Gasteiger partial charge in [-0.1, -0.05) is 18.7 Å². The second-order valence-electron chi connectivity index (χ2n) is 6.41. The van der Waals surface area contributed by atoms with Gasteiger partial charge in [0.05, 0.1) is 20.0 Å². The molecule has 1 saturated heterocycles. The number of hydrogen-bond acceptors (Lipinski definition) is 7. The maximum atomic E-state index is 12.6. The number of benzene rings is 1. The molecule has 1 aliphatic heterocycles. The summed E-state index contributed by atoms with van der Waals surface area (Å²) in [4.78, 5) is 14.6. The number of methoxy groups -OCH3 is 2. The Hall–Kier alpha value is -2.22. The Labute approximate surface area is 163 Å². The number of piperidine rings is 1. The van der Waals surface area contributed by atoms with Crippen LogP contribution in [0.2, 0.25) is 0 Å². The van der Waals surface area contributed by atoms with Crippen LogP contribution in [0.1, 0.15) is 32.6 Å². The fraction of sp³-hybridized carbons (Fsp3) is 0.526. The molecule has 0 N–H and O–H groups in total. The highest BCUT2D eigenvalue weighted by Crippen LogP contribution is 2.30. The predicted octanol–water partition coefficient (Wildman–Crippen LogP) is 3.64. The quantitative estimate of drug-likeness (QED) is 0.667. The van der Waals surface area contributed by atoms with E-state index in [1.165, 1.54) is 18.2 Å². The summed E-state index contributed by atoms with van der Waals surface area (Å²) < 4.78 is 16.3. The van der Waals surface area contributed by atoms with Crippen LogP contribution in [0.15, 0.2) is 27.8 Å². The monoisotopic (exact) mass is 391 g/mol. The number of likely N-dealkylation sites (tertiary alicyclic amines) is 1. The molecule has 7 nitrogen and oxygen atoms in total. The summed E-state index contributed by atoms with van der Waals surface area (Å²) in [5, 5.41) is 8.52. The smallest absolute Gasteiger partial charge is 0.277 e. The van der Waals surface area contributed by atoms with Crippen LogP contribution in [-0.4, -0.2) is 53.6 Å².